The molecule has 1 aliphatic carbocycles. The summed E-state index contributed by atoms with van der Waals surface area (Å²) in [5.74, 6) is 3.26. The third kappa shape index (κ3) is 2.51. The summed E-state index contributed by atoms with van der Waals surface area (Å²) in [6.45, 7) is 1.73. The molecule has 1 atom stereocenters. The van der Waals surface area contributed by atoms with Gasteiger partial charge in [-0.1, -0.05) is 12.8 Å². The highest BCUT2D eigenvalue weighted by molar-refractivity contribution is 7.83. The lowest BCUT2D eigenvalue weighted by atomic mass is 10.1. The van der Waals surface area contributed by atoms with Crippen molar-refractivity contribution >= 4 is 22.5 Å². The van der Waals surface area contributed by atoms with Gasteiger partial charge in [-0.2, -0.15) is 0 Å². The zero-order valence-corrected chi connectivity index (χ0v) is 13.3. The fourth-order valence-electron chi connectivity index (χ4n) is 3.62. The number of carbonyl (C=O) groups excluding carboxylic acids is 1. The summed E-state index contributed by atoms with van der Waals surface area (Å²) < 4.78 is 12.0. The number of carbonyl (C=O) groups is 1. The number of hydrogen-bond acceptors (Lipinski definition) is 5. The van der Waals surface area contributed by atoms with E-state index in [1.54, 1.807) is 0 Å². The molecule has 1 amide bonds. The van der Waals surface area contributed by atoms with Crippen molar-refractivity contribution in [1.82, 2.24) is 15.3 Å². The zero-order valence-electron chi connectivity index (χ0n) is 12.5. The fourth-order valence-corrected chi connectivity index (χ4v) is 4.88. The van der Waals surface area contributed by atoms with Crippen molar-refractivity contribution in [2.75, 3.05) is 24.5 Å². The van der Waals surface area contributed by atoms with E-state index in [-0.39, 0.29) is 5.91 Å². The molecule has 6 nitrogen and oxygen atoms in total. The van der Waals surface area contributed by atoms with Gasteiger partial charge >= 0.3 is 0 Å². The van der Waals surface area contributed by atoms with Crippen LogP contribution in [0.5, 0.6) is 0 Å². The number of hydrogen-bond donors (Lipinski definition) is 1. The monoisotopic (exact) mass is 320 g/mol. The molecule has 2 fully saturated rings. The number of rotatable bonds is 2. The minimum atomic E-state index is -0.882. The van der Waals surface area contributed by atoms with Crippen LogP contribution in [0.1, 0.15) is 48.7 Å². The van der Waals surface area contributed by atoms with Crippen molar-refractivity contribution in [1.29, 1.82) is 0 Å². The number of piperazine rings is 1. The normalized spacial score (nSPS) is 25.4. The number of anilines is 1. The average Bonchev–Trinajstić information content (AvgIpc) is 3.14. The maximum Gasteiger partial charge on any atom is 0.239 e. The van der Waals surface area contributed by atoms with Crippen LogP contribution >= 0.6 is 0 Å². The Morgan fingerprint density at radius 3 is 2.77 bits per heavy atom. The van der Waals surface area contributed by atoms with Crippen LogP contribution in [-0.4, -0.2) is 39.7 Å². The molecule has 1 aromatic heterocycles. The first-order valence-corrected chi connectivity index (χ1v) is 9.46. The Morgan fingerprint density at radius 2 is 2.00 bits per heavy atom. The van der Waals surface area contributed by atoms with Gasteiger partial charge in [-0.05, 0) is 12.8 Å². The first-order chi connectivity index (χ1) is 10.7. The van der Waals surface area contributed by atoms with E-state index in [4.69, 9.17) is 9.97 Å². The van der Waals surface area contributed by atoms with Crippen LogP contribution in [0.2, 0.25) is 0 Å². The molecule has 1 saturated carbocycles. The van der Waals surface area contributed by atoms with E-state index in [2.05, 4.69) is 5.32 Å². The lowest BCUT2D eigenvalue weighted by Crippen LogP contribution is -2.48. The second kappa shape index (κ2) is 5.61. The Hall–Kier alpha value is -1.50. The van der Waals surface area contributed by atoms with Gasteiger partial charge in [-0.3, -0.25) is 9.00 Å². The Labute approximate surface area is 132 Å². The first-order valence-electron chi connectivity index (χ1n) is 7.97. The molecule has 1 unspecified atom stereocenters. The summed E-state index contributed by atoms with van der Waals surface area (Å²) in [6, 6.07) is 0. The van der Waals surface area contributed by atoms with E-state index in [1.165, 1.54) is 12.8 Å². The number of fused-ring (bicyclic) bond motifs is 1. The molecular weight excluding hydrogens is 300 g/mol. The average molecular weight is 320 g/mol. The second-order valence-corrected chi connectivity index (χ2v) is 7.77. The Bertz CT molecular complexity index is 643. The van der Waals surface area contributed by atoms with Crippen LogP contribution in [0, 0.1) is 0 Å². The van der Waals surface area contributed by atoms with E-state index in [9.17, 15) is 9.00 Å². The van der Waals surface area contributed by atoms with E-state index in [0.29, 0.717) is 30.5 Å². The highest BCUT2D eigenvalue weighted by Crippen LogP contribution is 2.36. The smallest absolute Gasteiger partial charge is 0.239 e. The molecule has 0 aromatic carbocycles. The molecule has 3 heterocycles. The van der Waals surface area contributed by atoms with Gasteiger partial charge in [0.05, 0.1) is 23.7 Å². The first kappa shape index (κ1) is 14.1. The summed E-state index contributed by atoms with van der Waals surface area (Å²) in [5.41, 5.74) is 1.94. The van der Waals surface area contributed by atoms with Gasteiger partial charge < -0.3 is 10.2 Å². The summed E-state index contributed by atoms with van der Waals surface area (Å²) in [7, 11) is -0.882. The van der Waals surface area contributed by atoms with Crippen LogP contribution in [0.25, 0.3) is 0 Å². The van der Waals surface area contributed by atoms with Gasteiger partial charge in [-0.25, -0.2) is 9.97 Å². The van der Waals surface area contributed by atoms with Gasteiger partial charge in [0.1, 0.15) is 11.6 Å². The lowest BCUT2D eigenvalue weighted by molar-refractivity contribution is -0.120. The highest BCUT2D eigenvalue weighted by Gasteiger charge is 2.31. The third-order valence-corrected chi connectivity index (χ3v) is 5.96. The quantitative estimate of drug-likeness (QED) is 0.874. The van der Waals surface area contributed by atoms with Crippen LogP contribution in [-0.2, 0) is 27.1 Å². The molecule has 0 bridgehead atoms. The molecule has 2 aliphatic heterocycles. The van der Waals surface area contributed by atoms with Crippen LogP contribution in [0.4, 0.5) is 5.82 Å². The Kier molecular flexibility index (Phi) is 3.60. The van der Waals surface area contributed by atoms with Gasteiger partial charge in [0.2, 0.25) is 5.91 Å². The SMILES string of the molecule is O=C1CN(c2nc(C3CCCC3)nc3c2CS(=O)C3)CCN1. The Balaban J connectivity index is 1.74. The van der Waals surface area contributed by atoms with E-state index < -0.39 is 10.8 Å². The fraction of sp³-hybridized carbons (Fsp3) is 0.667. The molecule has 118 valence electrons. The van der Waals surface area contributed by atoms with Crippen LogP contribution in [0.15, 0.2) is 0 Å². The molecular formula is C15H20N4O2S. The molecule has 7 heteroatoms. The molecule has 1 saturated heterocycles. The zero-order chi connectivity index (χ0) is 15.1. The minimum Gasteiger partial charge on any atom is -0.353 e. The van der Waals surface area contributed by atoms with Crippen LogP contribution in [0.3, 0.4) is 0 Å². The summed E-state index contributed by atoms with van der Waals surface area (Å²) in [5, 5.41) is 2.84. The van der Waals surface area contributed by atoms with E-state index in [1.807, 2.05) is 4.90 Å². The lowest BCUT2D eigenvalue weighted by Gasteiger charge is -2.29. The van der Waals surface area contributed by atoms with Gasteiger partial charge in [0.15, 0.2) is 0 Å². The Morgan fingerprint density at radius 1 is 1.18 bits per heavy atom. The number of aromatic nitrogens is 2. The van der Waals surface area contributed by atoms with Crippen molar-refractivity contribution < 1.29 is 9.00 Å². The summed E-state index contributed by atoms with van der Waals surface area (Å²) in [6.07, 6.45) is 4.75. The summed E-state index contributed by atoms with van der Waals surface area (Å²) in [4.78, 5) is 23.3. The molecule has 3 aliphatic rings. The van der Waals surface area contributed by atoms with Gasteiger partial charge in [0.25, 0.3) is 0 Å². The predicted octanol–water partition coefficient (Wildman–Crippen LogP) is 0.833. The standard InChI is InChI=1S/C15H20N4O2S/c20-13-7-19(6-5-16-13)15-11-8-22(21)9-12(11)17-14(18-15)10-3-1-2-4-10/h10H,1-9H2,(H,16,20). The largest absolute Gasteiger partial charge is 0.353 e. The molecule has 22 heavy (non-hydrogen) atoms. The van der Waals surface area contributed by atoms with E-state index in [0.717, 1.165) is 42.3 Å². The third-order valence-electron chi connectivity index (χ3n) is 4.75. The highest BCUT2D eigenvalue weighted by atomic mass is 32.2. The van der Waals surface area contributed by atoms with Gasteiger partial charge in [-0.15, -0.1) is 0 Å². The number of nitrogens with zero attached hydrogens (tertiary/aromatic N) is 3. The maximum atomic E-state index is 12.0. The van der Waals surface area contributed by atoms with E-state index >= 15 is 0 Å². The topological polar surface area (TPSA) is 75.2 Å². The molecule has 1 N–H and O–H groups in total. The maximum absolute atomic E-state index is 12.0. The van der Waals surface area contributed by atoms with Crippen molar-refractivity contribution in [3.05, 3.63) is 17.1 Å². The predicted molar refractivity (Wildman–Crippen MR) is 84.0 cm³/mol. The molecule has 0 radical (unpaired) electrons. The van der Waals surface area contributed by atoms with Crippen molar-refractivity contribution in [2.45, 2.75) is 43.1 Å². The van der Waals surface area contributed by atoms with Crippen molar-refractivity contribution in [2.24, 2.45) is 0 Å². The van der Waals surface area contributed by atoms with Crippen molar-refractivity contribution in [3.8, 4) is 0 Å². The van der Waals surface area contributed by atoms with Gasteiger partial charge in [0, 0.05) is 35.4 Å². The number of nitrogens with one attached hydrogen (secondary N) is 1. The van der Waals surface area contributed by atoms with Crippen LogP contribution < -0.4 is 10.2 Å². The molecule has 4 rings (SSSR count). The summed E-state index contributed by atoms with van der Waals surface area (Å²) >= 11 is 0. The number of amides is 1. The molecule has 1 aromatic rings. The van der Waals surface area contributed by atoms with Crippen molar-refractivity contribution in [3.63, 3.8) is 0 Å². The molecule has 0 spiro atoms. The minimum absolute atomic E-state index is 0.0279. The second-order valence-electron chi connectivity index (χ2n) is 6.31.